The number of carbonyl (C=O) groups is 1. The molecule has 0 aromatic rings. The van der Waals surface area contributed by atoms with Crippen molar-refractivity contribution in [3.63, 3.8) is 0 Å². The Morgan fingerprint density at radius 3 is 2.20 bits per heavy atom. The molecule has 1 atom stereocenters. The Labute approximate surface area is 95.6 Å². The molecule has 0 heterocycles. The standard InChI is InChI=1S/C14H28O/c1-5-7-14(15)11-10-13(4)9-6-8-12(2)3/h12-13H,5-11H2,1-4H3. The molecule has 0 bridgehead atoms. The molecule has 0 aliphatic rings. The van der Waals surface area contributed by atoms with Gasteiger partial charge in [-0.1, -0.05) is 47.0 Å². The first-order valence-corrected chi connectivity index (χ1v) is 6.58. The van der Waals surface area contributed by atoms with Crippen LogP contribution >= 0.6 is 0 Å². The minimum atomic E-state index is 0.452. The van der Waals surface area contributed by atoms with Gasteiger partial charge in [0.1, 0.15) is 5.78 Å². The van der Waals surface area contributed by atoms with Crippen LogP contribution < -0.4 is 0 Å². The molecule has 0 amide bonds. The van der Waals surface area contributed by atoms with Crippen LogP contribution in [0.2, 0.25) is 0 Å². The summed E-state index contributed by atoms with van der Waals surface area (Å²) < 4.78 is 0. The first-order valence-electron chi connectivity index (χ1n) is 6.58. The monoisotopic (exact) mass is 212 g/mol. The minimum absolute atomic E-state index is 0.452. The van der Waals surface area contributed by atoms with Gasteiger partial charge in [0.2, 0.25) is 0 Å². The van der Waals surface area contributed by atoms with Crippen molar-refractivity contribution in [2.24, 2.45) is 11.8 Å². The van der Waals surface area contributed by atoms with E-state index >= 15 is 0 Å². The molecule has 0 aromatic heterocycles. The Morgan fingerprint density at radius 1 is 1.00 bits per heavy atom. The lowest BCUT2D eigenvalue weighted by Gasteiger charge is -2.11. The molecule has 1 unspecified atom stereocenters. The summed E-state index contributed by atoms with van der Waals surface area (Å²) in [6.07, 6.45) is 7.61. The molecule has 0 N–H and O–H groups in total. The number of ketones is 1. The third-order valence-corrected chi connectivity index (χ3v) is 2.92. The van der Waals surface area contributed by atoms with Crippen LogP contribution in [0.3, 0.4) is 0 Å². The molecular formula is C14H28O. The van der Waals surface area contributed by atoms with E-state index in [1.165, 1.54) is 19.3 Å². The minimum Gasteiger partial charge on any atom is -0.300 e. The molecule has 0 spiro atoms. The second kappa shape index (κ2) is 8.94. The average molecular weight is 212 g/mol. The van der Waals surface area contributed by atoms with E-state index in [2.05, 4.69) is 27.7 Å². The van der Waals surface area contributed by atoms with Crippen molar-refractivity contribution in [2.45, 2.75) is 72.6 Å². The van der Waals surface area contributed by atoms with Gasteiger partial charge >= 0.3 is 0 Å². The number of Topliss-reactive ketones (excluding diaryl/α,β-unsaturated/α-hetero) is 1. The number of hydrogen-bond acceptors (Lipinski definition) is 1. The number of rotatable bonds is 9. The molecule has 1 nitrogen and oxygen atoms in total. The summed E-state index contributed by atoms with van der Waals surface area (Å²) in [5, 5.41) is 0. The number of hydrogen-bond donors (Lipinski definition) is 0. The Kier molecular flexibility index (Phi) is 8.74. The van der Waals surface area contributed by atoms with Gasteiger partial charge in [-0.25, -0.2) is 0 Å². The van der Waals surface area contributed by atoms with Crippen LogP contribution in [0.5, 0.6) is 0 Å². The number of carbonyl (C=O) groups excluding carboxylic acids is 1. The molecule has 0 aliphatic heterocycles. The summed E-state index contributed by atoms with van der Waals surface area (Å²) in [5.41, 5.74) is 0. The molecule has 0 rings (SSSR count). The summed E-state index contributed by atoms with van der Waals surface area (Å²) in [7, 11) is 0. The molecular weight excluding hydrogens is 184 g/mol. The van der Waals surface area contributed by atoms with E-state index in [9.17, 15) is 4.79 Å². The van der Waals surface area contributed by atoms with Gasteiger partial charge < -0.3 is 0 Å². The molecule has 0 saturated carbocycles. The quantitative estimate of drug-likeness (QED) is 0.546. The van der Waals surface area contributed by atoms with Crippen LogP contribution in [0.25, 0.3) is 0 Å². The summed E-state index contributed by atoms with van der Waals surface area (Å²) >= 11 is 0. The van der Waals surface area contributed by atoms with Crippen LogP contribution in [0, 0.1) is 11.8 Å². The lowest BCUT2D eigenvalue weighted by molar-refractivity contribution is -0.119. The topological polar surface area (TPSA) is 17.1 Å². The van der Waals surface area contributed by atoms with Gasteiger partial charge in [0.05, 0.1) is 0 Å². The lowest BCUT2D eigenvalue weighted by Crippen LogP contribution is -2.02. The molecule has 0 fully saturated rings. The summed E-state index contributed by atoms with van der Waals surface area (Å²) in [4.78, 5) is 11.3. The van der Waals surface area contributed by atoms with Crippen molar-refractivity contribution < 1.29 is 4.79 Å². The van der Waals surface area contributed by atoms with Gasteiger partial charge in [0.15, 0.2) is 0 Å². The fourth-order valence-corrected chi connectivity index (χ4v) is 1.83. The normalized spacial score (nSPS) is 13.1. The van der Waals surface area contributed by atoms with Gasteiger partial charge in [0.25, 0.3) is 0 Å². The van der Waals surface area contributed by atoms with Gasteiger partial charge in [-0.2, -0.15) is 0 Å². The van der Waals surface area contributed by atoms with Crippen molar-refractivity contribution in [1.29, 1.82) is 0 Å². The predicted molar refractivity (Wildman–Crippen MR) is 67.0 cm³/mol. The third-order valence-electron chi connectivity index (χ3n) is 2.92. The van der Waals surface area contributed by atoms with Gasteiger partial charge in [-0.15, -0.1) is 0 Å². The average Bonchev–Trinajstić information content (AvgIpc) is 2.14. The van der Waals surface area contributed by atoms with Gasteiger partial charge in [-0.3, -0.25) is 4.79 Å². The Bertz CT molecular complexity index is 161. The van der Waals surface area contributed by atoms with E-state index in [1.54, 1.807) is 0 Å². The van der Waals surface area contributed by atoms with E-state index in [0.29, 0.717) is 5.78 Å². The smallest absolute Gasteiger partial charge is 0.132 e. The van der Waals surface area contributed by atoms with Crippen LogP contribution in [-0.2, 0) is 4.79 Å². The van der Waals surface area contributed by atoms with E-state index in [1.807, 2.05) is 0 Å². The Morgan fingerprint density at radius 2 is 1.67 bits per heavy atom. The van der Waals surface area contributed by atoms with E-state index in [0.717, 1.165) is 37.5 Å². The highest BCUT2D eigenvalue weighted by Gasteiger charge is 2.06. The van der Waals surface area contributed by atoms with E-state index in [-0.39, 0.29) is 0 Å². The molecule has 0 radical (unpaired) electrons. The Hall–Kier alpha value is -0.330. The maximum atomic E-state index is 11.3. The van der Waals surface area contributed by atoms with Crippen molar-refractivity contribution in [1.82, 2.24) is 0 Å². The molecule has 90 valence electrons. The summed E-state index contributed by atoms with van der Waals surface area (Å²) in [5.74, 6) is 2.00. The largest absolute Gasteiger partial charge is 0.300 e. The summed E-state index contributed by atoms with van der Waals surface area (Å²) in [6.45, 7) is 8.90. The van der Waals surface area contributed by atoms with Crippen LogP contribution in [0.4, 0.5) is 0 Å². The van der Waals surface area contributed by atoms with Gasteiger partial charge in [0, 0.05) is 12.8 Å². The fraction of sp³-hybridized carbons (Fsp3) is 0.929. The van der Waals surface area contributed by atoms with Crippen molar-refractivity contribution >= 4 is 5.78 Å². The van der Waals surface area contributed by atoms with E-state index in [4.69, 9.17) is 0 Å². The van der Waals surface area contributed by atoms with Crippen LogP contribution in [0.1, 0.15) is 72.6 Å². The first kappa shape index (κ1) is 14.7. The molecule has 0 aromatic carbocycles. The molecule has 15 heavy (non-hydrogen) atoms. The lowest BCUT2D eigenvalue weighted by atomic mass is 9.95. The van der Waals surface area contributed by atoms with Crippen LogP contribution in [-0.4, -0.2) is 5.78 Å². The Balaban J connectivity index is 3.40. The van der Waals surface area contributed by atoms with Crippen molar-refractivity contribution in [2.75, 3.05) is 0 Å². The summed E-state index contributed by atoms with van der Waals surface area (Å²) in [6, 6.07) is 0. The maximum Gasteiger partial charge on any atom is 0.132 e. The highest BCUT2D eigenvalue weighted by atomic mass is 16.1. The van der Waals surface area contributed by atoms with E-state index < -0.39 is 0 Å². The first-order chi connectivity index (χ1) is 7.06. The zero-order valence-corrected chi connectivity index (χ0v) is 11.0. The molecule has 0 saturated heterocycles. The third kappa shape index (κ3) is 9.96. The van der Waals surface area contributed by atoms with Crippen molar-refractivity contribution in [3.05, 3.63) is 0 Å². The van der Waals surface area contributed by atoms with Crippen LogP contribution in [0.15, 0.2) is 0 Å². The zero-order valence-electron chi connectivity index (χ0n) is 11.0. The van der Waals surface area contributed by atoms with Crippen molar-refractivity contribution in [3.8, 4) is 0 Å². The zero-order chi connectivity index (χ0) is 11.7. The maximum absolute atomic E-state index is 11.3. The second-order valence-corrected chi connectivity index (χ2v) is 5.26. The predicted octanol–water partition coefficient (Wildman–Crippen LogP) is 4.60. The second-order valence-electron chi connectivity index (χ2n) is 5.26. The SMILES string of the molecule is CCCC(=O)CCC(C)CCCC(C)C. The highest BCUT2D eigenvalue weighted by molar-refractivity contribution is 5.78. The molecule has 1 heteroatoms. The highest BCUT2D eigenvalue weighted by Crippen LogP contribution is 2.17. The van der Waals surface area contributed by atoms with Gasteiger partial charge in [-0.05, 0) is 24.7 Å². The fourth-order valence-electron chi connectivity index (χ4n) is 1.83. The molecule has 0 aliphatic carbocycles.